The third-order valence-electron chi connectivity index (χ3n) is 3.25. The molecule has 0 saturated carbocycles. The first kappa shape index (κ1) is 16.6. The summed E-state index contributed by atoms with van der Waals surface area (Å²) < 4.78 is 14.0. The van der Waals surface area contributed by atoms with Gasteiger partial charge in [-0.1, -0.05) is 11.6 Å². The smallest absolute Gasteiger partial charge is 0.285 e. The van der Waals surface area contributed by atoms with Crippen LogP contribution in [0.2, 0.25) is 5.02 Å². The fourth-order valence-corrected chi connectivity index (χ4v) is 2.10. The summed E-state index contributed by atoms with van der Waals surface area (Å²) in [5, 5.41) is 15.4. The molecule has 6 nitrogen and oxygen atoms in total. The molecule has 0 spiro atoms. The number of rotatable bonds is 3. The molecule has 0 saturated heterocycles. The minimum atomic E-state index is -0.636. The number of nitrogens with zero attached hydrogens (tertiary/aromatic N) is 3. The highest BCUT2D eigenvalue weighted by Crippen LogP contribution is 2.19. The lowest BCUT2D eigenvalue weighted by atomic mass is 10.1. The predicted octanol–water partition coefficient (Wildman–Crippen LogP) is 2.16. The summed E-state index contributed by atoms with van der Waals surface area (Å²) in [6.07, 6.45) is 0. The van der Waals surface area contributed by atoms with Gasteiger partial charge in [0.15, 0.2) is 0 Å². The van der Waals surface area contributed by atoms with E-state index in [0.29, 0.717) is 16.9 Å². The fraction of sp³-hybridized carbons (Fsp3) is 0.200. The number of aryl methyl sites for hydroxylation is 1. The number of carbonyl (C=O) groups excluding carboxylic acids is 1. The molecule has 2 rings (SSSR count). The summed E-state index contributed by atoms with van der Waals surface area (Å²) in [7, 11) is 0. The quantitative estimate of drug-likeness (QED) is 0.931. The van der Waals surface area contributed by atoms with Crippen LogP contribution in [0.15, 0.2) is 23.0 Å². The monoisotopic (exact) mass is 334 g/mol. The number of benzene rings is 1. The summed E-state index contributed by atoms with van der Waals surface area (Å²) in [5.74, 6) is -1.15. The van der Waals surface area contributed by atoms with Crippen molar-refractivity contribution in [3.63, 3.8) is 0 Å². The van der Waals surface area contributed by atoms with Crippen LogP contribution >= 0.6 is 11.6 Å². The largest absolute Gasteiger partial charge is 0.324 e. The molecule has 23 heavy (non-hydrogen) atoms. The molecule has 1 N–H and O–H groups in total. The highest BCUT2D eigenvalue weighted by molar-refractivity contribution is 6.31. The highest BCUT2D eigenvalue weighted by Gasteiger charge is 2.14. The van der Waals surface area contributed by atoms with Gasteiger partial charge in [-0.25, -0.2) is 9.07 Å². The van der Waals surface area contributed by atoms with Crippen molar-refractivity contribution in [3.05, 3.63) is 56.2 Å². The van der Waals surface area contributed by atoms with Gasteiger partial charge >= 0.3 is 0 Å². The van der Waals surface area contributed by atoms with E-state index in [1.807, 2.05) is 6.07 Å². The summed E-state index contributed by atoms with van der Waals surface area (Å²) in [5.41, 5.74) is 0.579. The van der Waals surface area contributed by atoms with Crippen LogP contribution in [0.5, 0.6) is 0 Å². The molecule has 1 aromatic carbocycles. The predicted molar refractivity (Wildman–Crippen MR) is 82.7 cm³/mol. The fourth-order valence-electron chi connectivity index (χ4n) is 1.92. The standard InChI is InChI=1S/C15H12ClFN4O2/c1-8-9(2)20-21(15(23)11(8)6-18)7-14(22)19-10-3-4-13(17)12(16)5-10/h3-5H,7H2,1-2H3,(H,19,22). The normalized spacial score (nSPS) is 10.2. The Morgan fingerprint density at radius 3 is 2.78 bits per heavy atom. The maximum Gasteiger partial charge on any atom is 0.285 e. The molecular weight excluding hydrogens is 323 g/mol. The van der Waals surface area contributed by atoms with E-state index < -0.39 is 17.3 Å². The second kappa shape index (κ2) is 6.58. The molecule has 0 radical (unpaired) electrons. The second-order valence-corrected chi connectivity index (χ2v) is 5.24. The van der Waals surface area contributed by atoms with Gasteiger partial charge in [0.25, 0.3) is 5.56 Å². The zero-order chi connectivity index (χ0) is 17.1. The van der Waals surface area contributed by atoms with E-state index in [1.165, 1.54) is 12.1 Å². The van der Waals surface area contributed by atoms with Crippen molar-refractivity contribution in [1.29, 1.82) is 5.26 Å². The number of carbonyl (C=O) groups is 1. The van der Waals surface area contributed by atoms with Crippen molar-refractivity contribution in [2.75, 3.05) is 5.32 Å². The third-order valence-corrected chi connectivity index (χ3v) is 3.53. The third kappa shape index (κ3) is 3.55. The van der Waals surface area contributed by atoms with Crippen molar-refractivity contribution < 1.29 is 9.18 Å². The summed E-state index contributed by atoms with van der Waals surface area (Å²) >= 11 is 5.63. The lowest BCUT2D eigenvalue weighted by molar-refractivity contribution is -0.117. The molecule has 0 fully saturated rings. The zero-order valence-corrected chi connectivity index (χ0v) is 13.1. The van der Waals surface area contributed by atoms with Crippen molar-refractivity contribution in [2.24, 2.45) is 0 Å². The Kier molecular flexibility index (Phi) is 4.77. The summed E-state index contributed by atoms with van der Waals surface area (Å²) in [6, 6.07) is 5.53. The zero-order valence-electron chi connectivity index (χ0n) is 12.4. The van der Waals surface area contributed by atoms with Gasteiger partial charge in [0.2, 0.25) is 5.91 Å². The van der Waals surface area contributed by atoms with E-state index in [2.05, 4.69) is 10.4 Å². The Morgan fingerprint density at radius 2 is 2.17 bits per heavy atom. The molecule has 1 aromatic heterocycles. The molecule has 0 aliphatic carbocycles. The minimum absolute atomic E-state index is 0.0462. The van der Waals surface area contributed by atoms with Gasteiger partial charge in [0, 0.05) is 5.69 Å². The van der Waals surface area contributed by atoms with Gasteiger partial charge < -0.3 is 5.32 Å². The Hall–Kier alpha value is -2.72. The lowest BCUT2D eigenvalue weighted by Crippen LogP contribution is -2.32. The topological polar surface area (TPSA) is 87.8 Å². The van der Waals surface area contributed by atoms with Crippen LogP contribution < -0.4 is 10.9 Å². The molecular formula is C15H12ClFN4O2. The summed E-state index contributed by atoms with van der Waals surface area (Å²) in [4.78, 5) is 24.1. The first-order chi connectivity index (χ1) is 10.8. The van der Waals surface area contributed by atoms with Crippen LogP contribution in [0, 0.1) is 31.0 Å². The van der Waals surface area contributed by atoms with E-state index in [-0.39, 0.29) is 17.1 Å². The van der Waals surface area contributed by atoms with Gasteiger partial charge in [-0.2, -0.15) is 10.4 Å². The van der Waals surface area contributed by atoms with Crippen molar-refractivity contribution in [3.8, 4) is 6.07 Å². The minimum Gasteiger partial charge on any atom is -0.324 e. The van der Waals surface area contributed by atoms with Crippen molar-refractivity contribution in [2.45, 2.75) is 20.4 Å². The number of hydrogen-bond donors (Lipinski definition) is 1. The van der Waals surface area contributed by atoms with Gasteiger partial charge in [-0.05, 0) is 37.6 Å². The number of hydrogen-bond acceptors (Lipinski definition) is 4. The molecule has 0 bridgehead atoms. The first-order valence-corrected chi connectivity index (χ1v) is 6.94. The first-order valence-electron chi connectivity index (χ1n) is 6.56. The molecule has 2 aromatic rings. The average Bonchev–Trinajstić information content (AvgIpc) is 2.49. The second-order valence-electron chi connectivity index (χ2n) is 4.84. The molecule has 0 unspecified atom stereocenters. The highest BCUT2D eigenvalue weighted by atomic mass is 35.5. The van der Waals surface area contributed by atoms with E-state index >= 15 is 0 Å². The molecule has 1 amide bonds. The molecule has 0 aliphatic rings. The van der Waals surface area contributed by atoms with Gasteiger partial charge in [0.1, 0.15) is 24.0 Å². The number of anilines is 1. The van der Waals surface area contributed by atoms with E-state index in [9.17, 15) is 14.0 Å². The van der Waals surface area contributed by atoms with Crippen LogP contribution in [0.1, 0.15) is 16.8 Å². The molecule has 0 aliphatic heterocycles. The van der Waals surface area contributed by atoms with E-state index in [0.717, 1.165) is 10.7 Å². The maximum absolute atomic E-state index is 13.1. The lowest BCUT2D eigenvalue weighted by Gasteiger charge is -2.10. The average molecular weight is 335 g/mol. The van der Waals surface area contributed by atoms with Crippen LogP contribution in [0.3, 0.4) is 0 Å². The number of nitrogens with one attached hydrogen (secondary N) is 1. The number of nitriles is 1. The summed E-state index contributed by atoms with van der Waals surface area (Å²) in [6.45, 7) is 2.89. The molecule has 1 heterocycles. The molecule has 0 atom stereocenters. The van der Waals surface area contributed by atoms with Crippen LogP contribution in [-0.4, -0.2) is 15.7 Å². The van der Waals surface area contributed by atoms with Crippen molar-refractivity contribution >= 4 is 23.2 Å². The Morgan fingerprint density at radius 1 is 1.48 bits per heavy atom. The van der Waals surface area contributed by atoms with Gasteiger partial charge in [-0.3, -0.25) is 9.59 Å². The van der Waals surface area contributed by atoms with Crippen LogP contribution in [-0.2, 0) is 11.3 Å². The van der Waals surface area contributed by atoms with Gasteiger partial charge in [-0.15, -0.1) is 0 Å². The van der Waals surface area contributed by atoms with Crippen LogP contribution in [0.25, 0.3) is 0 Å². The Bertz CT molecular complexity index is 886. The van der Waals surface area contributed by atoms with E-state index in [4.69, 9.17) is 16.9 Å². The Balaban J connectivity index is 2.24. The Labute approximate surface area is 136 Å². The maximum atomic E-state index is 13.1. The SMILES string of the molecule is Cc1nn(CC(=O)Nc2ccc(F)c(Cl)c2)c(=O)c(C#N)c1C. The van der Waals surface area contributed by atoms with Crippen molar-refractivity contribution in [1.82, 2.24) is 9.78 Å². The number of aromatic nitrogens is 2. The van der Waals surface area contributed by atoms with Crippen LogP contribution in [0.4, 0.5) is 10.1 Å². The number of halogens is 2. The number of amides is 1. The van der Waals surface area contributed by atoms with E-state index in [1.54, 1.807) is 13.8 Å². The molecule has 118 valence electrons. The van der Waals surface area contributed by atoms with Gasteiger partial charge in [0.05, 0.1) is 10.7 Å². The molecule has 8 heteroatoms.